The van der Waals surface area contributed by atoms with Gasteiger partial charge in [0.1, 0.15) is 23.0 Å². The van der Waals surface area contributed by atoms with Crippen LogP contribution in [0.3, 0.4) is 0 Å². The number of hydrogen-bond donors (Lipinski definition) is 4. The quantitative estimate of drug-likeness (QED) is 0.209. The van der Waals surface area contributed by atoms with Gasteiger partial charge in [0.25, 0.3) is 0 Å². The molecule has 4 aromatic rings. The first kappa shape index (κ1) is 22.4. The molecule has 190 valence electrons. The van der Waals surface area contributed by atoms with Gasteiger partial charge in [-0.25, -0.2) is 0 Å². The maximum Gasteiger partial charge on any atom is 0.198 e. The van der Waals surface area contributed by atoms with Crippen LogP contribution in [-0.2, 0) is 0 Å². The summed E-state index contributed by atoms with van der Waals surface area (Å²) in [7, 11) is 0. The molecule has 0 aromatic heterocycles. The monoisotopic (exact) mass is 524 g/mol. The topological polar surface area (TPSA) is 115 Å². The van der Waals surface area contributed by atoms with E-state index in [2.05, 4.69) is 0 Å². The molecular formula is C34H18O6. The summed E-state index contributed by atoms with van der Waals surface area (Å²) in [6.07, 6.45) is 0. The normalized spacial score (nSPS) is 16.6. The van der Waals surface area contributed by atoms with Gasteiger partial charge < -0.3 is 20.4 Å². The zero-order valence-corrected chi connectivity index (χ0v) is 20.7. The second-order valence-corrected chi connectivity index (χ2v) is 10.1. The van der Waals surface area contributed by atoms with Crippen LogP contribution >= 0.6 is 0 Å². The van der Waals surface area contributed by atoms with Crippen LogP contribution in [0.5, 0.6) is 11.5 Å². The van der Waals surface area contributed by atoms with E-state index < -0.39 is 11.6 Å². The predicted molar refractivity (Wildman–Crippen MR) is 150 cm³/mol. The molecule has 4 aromatic carbocycles. The Bertz CT molecular complexity index is 1920. The molecule has 0 heterocycles. The summed E-state index contributed by atoms with van der Waals surface area (Å²) in [4.78, 5) is 28.4. The predicted octanol–water partition coefficient (Wildman–Crippen LogP) is 6.58. The van der Waals surface area contributed by atoms with Gasteiger partial charge in [0, 0.05) is 44.6 Å². The van der Waals surface area contributed by atoms with E-state index >= 15 is 0 Å². The molecule has 0 amide bonds. The zero-order chi connectivity index (χ0) is 27.4. The Morgan fingerprint density at radius 1 is 0.350 bits per heavy atom. The molecular weight excluding hydrogens is 506 g/mol. The Morgan fingerprint density at radius 2 is 0.675 bits per heavy atom. The van der Waals surface area contributed by atoms with Gasteiger partial charge in [-0.1, -0.05) is 72.8 Å². The molecule has 0 atom stereocenters. The van der Waals surface area contributed by atoms with Gasteiger partial charge in [-0.2, -0.15) is 0 Å². The van der Waals surface area contributed by atoms with E-state index in [0.717, 1.165) is 0 Å². The maximum atomic E-state index is 14.2. The first-order valence-electron chi connectivity index (χ1n) is 12.7. The Kier molecular flexibility index (Phi) is 4.19. The van der Waals surface area contributed by atoms with Gasteiger partial charge >= 0.3 is 0 Å². The van der Waals surface area contributed by atoms with Crippen LogP contribution in [0, 0.1) is 0 Å². The average Bonchev–Trinajstić information content (AvgIpc) is 3.48. The summed E-state index contributed by atoms with van der Waals surface area (Å²) < 4.78 is 0. The second-order valence-electron chi connectivity index (χ2n) is 10.1. The van der Waals surface area contributed by atoms with Crippen molar-refractivity contribution in [3.05, 3.63) is 141 Å². The van der Waals surface area contributed by atoms with Crippen LogP contribution in [-0.4, -0.2) is 32.0 Å². The SMILES string of the molecule is O=C1C2=[13C]([13C]3=C4C(=O)c5c(O)cccc5C(O)=C4c4ccccc43)c3ccccc3C2=C(O)c2cccc(O)c21. The minimum Gasteiger partial charge on any atom is -0.507 e. The van der Waals surface area contributed by atoms with E-state index in [-0.39, 0.29) is 56.4 Å². The third kappa shape index (κ3) is 2.52. The molecule has 0 saturated heterocycles. The molecule has 0 aliphatic heterocycles. The van der Waals surface area contributed by atoms with Crippen molar-refractivity contribution in [3.8, 4) is 11.5 Å². The van der Waals surface area contributed by atoms with Gasteiger partial charge in [-0.05, 0) is 34.4 Å². The van der Waals surface area contributed by atoms with Crippen LogP contribution in [0.1, 0.15) is 54.1 Å². The standard InChI is InChI=1S/C34H18O6/c35-21-13-5-11-19-23(21)33(39)29-25(15-7-1-3-9-17(15)27(29)31(19)37)26-16-8-2-4-10-18(16)28-30(26)34(40)24-20(32(28)38)12-6-14-22(24)36/h1-14,35-38H/i25+1,26+1. The smallest absolute Gasteiger partial charge is 0.198 e. The molecule has 4 aliphatic carbocycles. The second kappa shape index (κ2) is 7.48. The number of aliphatic hydroxyl groups is 2. The number of aromatic hydroxyl groups is 2. The van der Waals surface area contributed by atoms with E-state index in [4.69, 9.17) is 0 Å². The third-order valence-corrected chi connectivity index (χ3v) is 8.16. The molecule has 4 N–H and O–H groups in total. The summed E-state index contributed by atoms with van der Waals surface area (Å²) >= 11 is 0. The fourth-order valence-corrected chi connectivity index (χ4v) is 6.56. The summed E-state index contributed by atoms with van der Waals surface area (Å²) in [6, 6.07) is 23.6. The molecule has 0 bridgehead atoms. The fourth-order valence-electron chi connectivity index (χ4n) is 6.56. The Labute approximate surface area is 227 Å². The Balaban J connectivity index is 1.56. The number of benzene rings is 4. The van der Waals surface area contributed by atoms with E-state index in [1.54, 1.807) is 48.5 Å². The van der Waals surface area contributed by atoms with Gasteiger partial charge in [0.05, 0.1) is 11.1 Å². The highest BCUT2D eigenvalue weighted by molar-refractivity contribution is 6.43. The van der Waals surface area contributed by atoms with Crippen molar-refractivity contribution in [2.24, 2.45) is 0 Å². The Morgan fingerprint density at radius 3 is 1.05 bits per heavy atom. The third-order valence-electron chi connectivity index (χ3n) is 8.16. The molecule has 0 spiro atoms. The molecule has 0 unspecified atom stereocenters. The highest BCUT2D eigenvalue weighted by atomic mass is 16.3. The number of carbonyl (C=O) groups is 2. The van der Waals surface area contributed by atoms with Crippen molar-refractivity contribution in [2.45, 2.75) is 0 Å². The van der Waals surface area contributed by atoms with E-state index in [1.165, 1.54) is 12.1 Å². The number of fused-ring (bicyclic) bond motifs is 8. The van der Waals surface area contributed by atoms with Crippen molar-refractivity contribution in [1.29, 1.82) is 0 Å². The molecule has 0 fully saturated rings. The zero-order valence-electron chi connectivity index (χ0n) is 20.7. The summed E-state index contributed by atoms with van der Waals surface area (Å²) in [6.45, 7) is 0. The van der Waals surface area contributed by atoms with Crippen molar-refractivity contribution in [3.63, 3.8) is 0 Å². The number of phenols is 2. The van der Waals surface area contributed by atoms with Gasteiger partial charge in [-0.3, -0.25) is 9.59 Å². The maximum absolute atomic E-state index is 14.2. The number of carbonyl (C=O) groups excluding carboxylic acids is 2. The van der Waals surface area contributed by atoms with Crippen molar-refractivity contribution in [2.75, 3.05) is 0 Å². The summed E-state index contributed by atoms with van der Waals surface area (Å²) in [5.74, 6) is -1.76. The van der Waals surface area contributed by atoms with Crippen molar-refractivity contribution < 1.29 is 30.0 Å². The van der Waals surface area contributed by atoms with E-state index in [1.807, 2.05) is 24.3 Å². The lowest BCUT2D eigenvalue weighted by Gasteiger charge is -2.22. The number of aliphatic hydroxyl groups excluding tert-OH is 2. The van der Waals surface area contributed by atoms with Gasteiger partial charge in [0.2, 0.25) is 0 Å². The molecule has 0 radical (unpaired) electrons. The van der Waals surface area contributed by atoms with Crippen molar-refractivity contribution in [1.82, 2.24) is 0 Å². The highest BCUT2D eigenvalue weighted by Crippen LogP contribution is 2.59. The number of phenolic OH excluding ortho intramolecular Hbond substituents is 2. The molecule has 8 rings (SSSR count). The largest absolute Gasteiger partial charge is 0.507 e. The van der Waals surface area contributed by atoms with Crippen LogP contribution in [0.4, 0.5) is 0 Å². The fraction of sp³-hybridized carbons (Fsp3) is 0. The first-order valence-corrected chi connectivity index (χ1v) is 12.7. The molecule has 6 nitrogen and oxygen atoms in total. The van der Waals surface area contributed by atoms with Crippen molar-refractivity contribution >= 4 is 45.4 Å². The number of ketones is 2. The van der Waals surface area contributed by atoms with Crippen LogP contribution in [0.15, 0.2) is 96.1 Å². The highest BCUT2D eigenvalue weighted by Gasteiger charge is 2.46. The average molecular weight is 524 g/mol. The number of rotatable bonds is 1. The molecule has 6 heteroatoms. The number of allylic oxidation sites excluding steroid dienone is 6. The first-order chi connectivity index (χ1) is 19.4. The van der Waals surface area contributed by atoms with Gasteiger partial charge in [0.15, 0.2) is 11.6 Å². The van der Waals surface area contributed by atoms with Gasteiger partial charge in [-0.15, -0.1) is 0 Å². The summed E-state index contributed by atoms with van der Waals surface area (Å²) in [5, 5.41) is 44.3. The number of Topliss-reactive ketones (excluding diaryl/α,β-unsaturated/α-hetero) is 2. The van der Waals surface area contributed by atoms with E-state index in [9.17, 15) is 30.0 Å². The van der Waals surface area contributed by atoms with Crippen LogP contribution < -0.4 is 0 Å². The molecule has 0 saturated carbocycles. The lowest BCUT2D eigenvalue weighted by atomic mass is 9.85. The van der Waals surface area contributed by atoms with E-state index in [0.29, 0.717) is 44.5 Å². The Hall–Kier alpha value is -5.62. The minimum atomic E-state index is -0.481. The van der Waals surface area contributed by atoms with Crippen LogP contribution in [0.25, 0.3) is 33.8 Å². The molecule has 40 heavy (non-hydrogen) atoms. The number of hydrogen-bond acceptors (Lipinski definition) is 6. The molecule has 4 aliphatic rings. The summed E-state index contributed by atoms with van der Waals surface area (Å²) in [5.41, 5.74) is 4.77. The minimum absolute atomic E-state index is 0.0162. The van der Waals surface area contributed by atoms with Crippen LogP contribution in [0.2, 0.25) is 0 Å². The lowest BCUT2D eigenvalue weighted by Crippen LogP contribution is -2.16. The lowest BCUT2D eigenvalue weighted by molar-refractivity contribution is 0.102.